The monoisotopic (exact) mass is 363 g/mol. The molecule has 0 aromatic rings. The first kappa shape index (κ1) is 21.2. The maximum absolute atomic E-state index is 13.3. The van der Waals surface area contributed by atoms with E-state index < -0.39 is 49.2 Å². The SMILES string of the molecule is CSCC[C@H](NC(F)(F)C(F)(F)C(F)(F)C(C)(F)F)C(=O)O. The van der Waals surface area contributed by atoms with Crippen molar-refractivity contribution in [3.05, 3.63) is 0 Å². The highest BCUT2D eigenvalue weighted by molar-refractivity contribution is 7.98. The number of carbonyl (C=O) groups is 1. The smallest absolute Gasteiger partial charge is 0.392 e. The second kappa shape index (κ2) is 6.77. The van der Waals surface area contributed by atoms with E-state index in [1.54, 1.807) is 0 Å². The third-order valence-corrected chi connectivity index (χ3v) is 3.25. The van der Waals surface area contributed by atoms with Gasteiger partial charge in [0.2, 0.25) is 0 Å². The van der Waals surface area contributed by atoms with Gasteiger partial charge in [0.15, 0.2) is 0 Å². The minimum absolute atomic E-state index is 0.0635. The molecular weight excluding hydrogens is 350 g/mol. The van der Waals surface area contributed by atoms with Gasteiger partial charge in [0.05, 0.1) is 0 Å². The first-order valence-electron chi connectivity index (χ1n) is 5.62. The Labute approximate surface area is 124 Å². The van der Waals surface area contributed by atoms with Crippen LogP contribution in [0.1, 0.15) is 13.3 Å². The Bertz CT molecular complexity index is 399. The zero-order valence-corrected chi connectivity index (χ0v) is 12.1. The van der Waals surface area contributed by atoms with E-state index in [4.69, 9.17) is 5.11 Å². The Morgan fingerprint density at radius 3 is 1.86 bits per heavy atom. The van der Waals surface area contributed by atoms with Crippen molar-refractivity contribution in [2.24, 2.45) is 0 Å². The van der Waals surface area contributed by atoms with Gasteiger partial charge >= 0.3 is 29.8 Å². The summed E-state index contributed by atoms with van der Waals surface area (Å²) in [6, 6.07) is -8.17. The average molecular weight is 363 g/mol. The molecule has 0 unspecified atom stereocenters. The number of carboxylic acid groups (broad SMARTS) is 1. The molecule has 12 heteroatoms. The summed E-state index contributed by atoms with van der Waals surface area (Å²) in [5.41, 5.74) is 0. The van der Waals surface area contributed by atoms with Crippen molar-refractivity contribution in [1.29, 1.82) is 0 Å². The average Bonchev–Trinajstić information content (AvgIpc) is 2.32. The van der Waals surface area contributed by atoms with Crippen molar-refractivity contribution in [2.45, 2.75) is 43.2 Å². The van der Waals surface area contributed by atoms with Crippen molar-refractivity contribution >= 4 is 17.7 Å². The maximum atomic E-state index is 13.3. The molecule has 2 N–H and O–H groups in total. The van der Waals surface area contributed by atoms with E-state index in [0.717, 1.165) is 11.8 Å². The summed E-state index contributed by atoms with van der Waals surface area (Å²) in [4.78, 5) is 10.7. The summed E-state index contributed by atoms with van der Waals surface area (Å²) in [6.07, 6.45) is 0.855. The van der Waals surface area contributed by atoms with E-state index in [1.807, 2.05) is 0 Å². The van der Waals surface area contributed by atoms with Crippen molar-refractivity contribution in [2.75, 3.05) is 12.0 Å². The molecule has 0 saturated carbocycles. The molecule has 0 radical (unpaired) electrons. The van der Waals surface area contributed by atoms with Crippen LogP contribution < -0.4 is 5.32 Å². The molecule has 0 aliphatic rings. The lowest BCUT2D eigenvalue weighted by Crippen LogP contribution is -2.67. The van der Waals surface area contributed by atoms with Crippen LogP contribution in [-0.4, -0.2) is 52.9 Å². The van der Waals surface area contributed by atoms with E-state index in [2.05, 4.69) is 0 Å². The van der Waals surface area contributed by atoms with Gasteiger partial charge in [0.1, 0.15) is 6.04 Å². The molecule has 22 heavy (non-hydrogen) atoms. The molecule has 0 spiro atoms. The minimum atomic E-state index is -6.51. The zero-order valence-electron chi connectivity index (χ0n) is 11.3. The van der Waals surface area contributed by atoms with Crippen molar-refractivity contribution < 1.29 is 45.0 Å². The van der Waals surface area contributed by atoms with Crippen LogP contribution in [-0.2, 0) is 4.79 Å². The van der Waals surface area contributed by atoms with E-state index >= 15 is 0 Å². The first-order chi connectivity index (χ1) is 9.62. The summed E-state index contributed by atoms with van der Waals surface area (Å²) in [5.74, 6) is -20.4. The van der Waals surface area contributed by atoms with E-state index in [0.29, 0.717) is 5.32 Å². The molecule has 0 aromatic heterocycles. The Hall–Kier alpha value is -0.780. The molecule has 1 atom stereocenters. The lowest BCUT2D eigenvalue weighted by atomic mass is 10.0. The molecular formula is C10H13F8NO2S. The fourth-order valence-corrected chi connectivity index (χ4v) is 1.75. The van der Waals surface area contributed by atoms with Crippen LogP contribution in [0.25, 0.3) is 0 Å². The number of halogens is 8. The number of aliphatic carboxylic acids is 1. The van der Waals surface area contributed by atoms with E-state index in [1.165, 1.54) is 6.26 Å². The van der Waals surface area contributed by atoms with Crippen molar-refractivity contribution in [3.8, 4) is 0 Å². The zero-order chi connectivity index (χ0) is 18.0. The molecule has 0 rings (SSSR count). The van der Waals surface area contributed by atoms with Crippen LogP contribution in [0.2, 0.25) is 0 Å². The van der Waals surface area contributed by atoms with Gasteiger partial charge in [-0.2, -0.15) is 46.9 Å². The summed E-state index contributed by atoms with van der Waals surface area (Å²) < 4.78 is 104. The molecule has 0 heterocycles. The van der Waals surface area contributed by atoms with Crippen LogP contribution >= 0.6 is 11.8 Å². The number of rotatable bonds is 9. The number of nitrogens with one attached hydrogen (secondary N) is 1. The lowest BCUT2D eigenvalue weighted by molar-refractivity contribution is -0.369. The van der Waals surface area contributed by atoms with E-state index in [-0.39, 0.29) is 5.75 Å². The lowest BCUT2D eigenvalue weighted by Gasteiger charge is -2.36. The number of hydrogen-bond acceptors (Lipinski definition) is 3. The second-order valence-corrected chi connectivity index (χ2v) is 5.41. The number of thioether (sulfide) groups is 1. The topological polar surface area (TPSA) is 49.3 Å². The van der Waals surface area contributed by atoms with Crippen molar-refractivity contribution in [3.63, 3.8) is 0 Å². The highest BCUT2D eigenvalue weighted by Crippen LogP contribution is 2.51. The standard InChI is InChI=1S/C10H13F8NO2S/c1-7(11,12)8(13,14)9(15,16)10(17,18)19-5(6(20)21)3-4-22-2/h5,19H,3-4H2,1-2H3,(H,20,21)/t5-/m0/s1. The van der Waals surface area contributed by atoms with Gasteiger partial charge < -0.3 is 5.11 Å². The summed E-state index contributed by atoms with van der Waals surface area (Å²) in [6.45, 7) is -0.639. The molecule has 0 aliphatic carbocycles. The fourth-order valence-electron chi connectivity index (χ4n) is 1.28. The van der Waals surface area contributed by atoms with Gasteiger partial charge in [-0.1, -0.05) is 0 Å². The molecule has 0 aliphatic heterocycles. The summed E-state index contributed by atoms with van der Waals surface area (Å²) in [7, 11) is 0. The highest BCUT2D eigenvalue weighted by Gasteiger charge is 2.79. The second-order valence-electron chi connectivity index (χ2n) is 4.43. The van der Waals surface area contributed by atoms with Gasteiger partial charge in [-0.05, 0) is 18.4 Å². The Kier molecular flexibility index (Phi) is 6.53. The summed E-state index contributed by atoms with van der Waals surface area (Å²) >= 11 is 0.987. The van der Waals surface area contributed by atoms with Crippen LogP contribution in [0.15, 0.2) is 0 Å². The predicted molar refractivity (Wildman–Crippen MR) is 63.0 cm³/mol. The molecule has 3 nitrogen and oxygen atoms in total. The van der Waals surface area contributed by atoms with Gasteiger partial charge in [-0.3, -0.25) is 4.79 Å². The third-order valence-electron chi connectivity index (χ3n) is 2.60. The van der Waals surface area contributed by atoms with Crippen molar-refractivity contribution in [1.82, 2.24) is 5.32 Å². The molecule has 0 bridgehead atoms. The van der Waals surface area contributed by atoms with Crippen LogP contribution in [0.3, 0.4) is 0 Å². The Morgan fingerprint density at radius 1 is 1.09 bits per heavy atom. The number of alkyl halides is 8. The minimum Gasteiger partial charge on any atom is -0.480 e. The van der Waals surface area contributed by atoms with Gasteiger partial charge in [0, 0.05) is 6.92 Å². The highest BCUT2D eigenvalue weighted by atomic mass is 32.2. The first-order valence-corrected chi connectivity index (χ1v) is 7.02. The normalized spacial score (nSPS) is 15.7. The molecule has 132 valence electrons. The van der Waals surface area contributed by atoms with Gasteiger partial charge in [0.25, 0.3) is 0 Å². The quantitative estimate of drug-likeness (QED) is 0.488. The maximum Gasteiger partial charge on any atom is 0.392 e. The third kappa shape index (κ3) is 4.15. The molecule has 0 aromatic carbocycles. The van der Waals surface area contributed by atoms with Gasteiger partial charge in [-0.25, -0.2) is 5.32 Å². The van der Waals surface area contributed by atoms with Crippen LogP contribution in [0.5, 0.6) is 0 Å². The number of carboxylic acids is 1. The predicted octanol–water partition coefficient (Wildman–Crippen LogP) is 3.30. The van der Waals surface area contributed by atoms with Gasteiger partial charge in [-0.15, -0.1) is 0 Å². The molecule has 0 fully saturated rings. The van der Waals surface area contributed by atoms with Crippen LogP contribution in [0.4, 0.5) is 35.1 Å². The summed E-state index contributed by atoms with van der Waals surface area (Å²) in [5, 5.41) is 9.14. The molecule has 0 amide bonds. The van der Waals surface area contributed by atoms with E-state index in [9.17, 15) is 39.9 Å². The van der Waals surface area contributed by atoms with Crippen LogP contribution in [0, 0.1) is 0 Å². The molecule has 0 saturated heterocycles. The number of hydrogen-bond donors (Lipinski definition) is 2. The largest absolute Gasteiger partial charge is 0.480 e. The Balaban J connectivity index is 5.46. The Morgan fingerprint density at radius 2 is 1.55 bits per heavy atom. The fraction of sp³-hybridized carbons (Fsp3) is 0.900.